The molecule has 0 saturated carbocycles. The van der Waals surface area contributed by atoms with Gasteiger partial charge in [-0.25, -0.2) is 10.2 Å². The highest BCUT2D eigenvalue weighted by Crippen LogP contribution is 2.13. The lowest BCUT2D eigenvalue weighted by atomic mass is 10.1. The molecule has 1 aromatic carbocycles. The molecule has 1 aliphatic rings. The monoisotopic (exact) mass is 232 g/mol. The van der Waals surface area contributed by atoms with E-state index in [2.05, 4.69) is 21.2 Å². The molecule has 0 aromatic heterocycles. The first-order chi connectivity index (χ1) is 8.19. The summed E-state index contributed by atoms with van der Waals surface area (Å²) in [6, 6.07) is 6.87. The van der Waals surface area contributed by atoms with Gasteiger partial charge in [0.1, 0.15) is 0 Å². The number of urea groups is 1. The molecule has 1 heterocycles. The van der Waals surface area contributed by atoms with E-state index < -0.39 is 0 Å². The largest absolute Gasteiger partial charge is 0.341 e. The van der Waals surface area contributed by atoms with Crippen molar-refractivity contribution >= 4 is 23.3 Å². The highest BCUT2D eigenvalue weighted by Gasteiger charge is 2.15. The third-order valence-corrected chi connectivity index (χ3v) is 2.35. The standard InChI is InChI=1S/C11H12N4O2/c1-12-11(17)13-8-4-2-7(3-5-8)9-6-10(16)15-14-9/h2-5H,6H2,1H3,(H,15,16)(H2,12,13,17). The third kappa shape index (κ3) is 2.60. The molecule has 0 atom stereocenters. The van der Waals surface area contributed by atoms with Gasteiger partial charge in [0.05, 0.1) is 12.1 Å². The summed E-state index contributed by atoms with van der Waals surface area (Å²) in [5.74, 6) is -0.104. The number of hydrogen-bond donors (Lipinski definition) is 3. The van der Waals surface area contributed by atoms with Crippen LogP contribution in [0.1, 0.15) is 12.0 Å². The first kappa shape index (κ1) is 11.1. The smallest absolute Gasteiger partial charge is 0.318 e. The molecule has 17 heavy (non-hydrogen) atoms. The van der Waals surface area contributed by atoms with Gasteiger partial charge in [0, 0.05) is 12.7 Å². The van der Waals surface area contributed by atoms with Crippen LogP contribution in [0.15, 0.2) is 29.4 Å². The lowest BCUT2D eigenvalue weighted by Crippen LogP contribution is -2.24. The molecule has 6 nitrogen and oxygen atoms in total. The van der Waals surface area contributed by atoms with Gasteiger partial charge in [0.25, 0.3) is 0 Å². The zero-order valence-corrected chi connectivity index (χ0v) is 9.28. The number of carbonyl (C=O) groups is 2. The summed E-state index contributed by atoms with van der Waals surface area (Å²) in [5.41, 5.74) is 4.66. The predicted octanol–water partition coefficient (Wildman–Crippen LogP) is 0.662. The van der Waals surface area contributed by atoms with Crippen molar-refractivity contribution in [3.05, 3.63) is 29.8 Å². The van der Waals surface area contributed by atoms with Crippen LogP contribution < -0.4 is 16.1 Å². The molecule has 1 aromatic rings. The van der Waals surface area contributed by atoms with E-state index in [1.54, 1.807) is 19.2 Å². The van der Waals surface area contributed by atoms with Crippen LogP contribution in [-0.2, 0) is 4.79 Å². The van der Waals surface area contributed by atoms with E-state index in [0.29, 0.717) is 17.8 Å². The fraction of sp³-hybridized carbons (Fsp3) is 0.182. The molecule has 0 aliphatic carbocycles. The Labute approximate surface area is 98.1 Å². The van der Waals surface area contributed by atoms with Gasteiger partial charge in [-0.1, -0.05) is 12.1 Å². The minimum absolute atomic E-state index is 0.104. The van der Waals surface area contributed by atoms with E-state index in [9.17, 15) is 9.59 Å². The van der Waals surface area contributed by atoms with Crippen molar-refractivity contribution in [2.75, 3.05) is 12.4 Å². The second-order valence-corrected chi connectivity index (χ2v) is 3.55. The maximum atomic E-state index is 11.1. The maximum absolute atomic E-state index is 11.1. The Bertz CT molecular complexity index is 479. The van der Waals surface area contributed by atoms with Gasteiger partial charge >= 0.3 is 6.03 Å². The quantitative estimate of drug-likeness (QED) is 0.700. The number of hydrogen-bond acceptors (Lipinski definition) is 3. The molecule has 6 heteroatoms. The van der Waals surface area contributed by atoms with Crippen molar-refractivity contribution in [3.8, 4) is 0 Å². The molecule has 0 spiro atoms. The van der Waals surface area contributed by atoms with Gasteiger partial charge in [-0.15, -0.1) is 0 Å². The number of hydrazone groups is 1. The fourth-order valence-corrected chi connectivity index (χ4v) is 1.47. The average molecular weight is 232 g/mol. The maximum Gasteiger partial charge on any atom is 0.318 e. The highest BCUT2D eigenvalue weighted by atomic mass is 16.2. The molecule has 3 N–H and O–H groups in total. The molecule has 3 amide bonds. The van der Waals surface area contributed by atoms with Crippen molar-refractivity contribution < 1.29 is 9.59 Å². The van der Waals surface area contributed by atoms with Crippen LogP contribution in [0, 0.1) is 0 Å². The first-order valence-corrected chi connectivity index (χ1v) is 5.13. The van der Waals surface area contributed by atoms with Crippen LogP contribution in [0.4, 0.5) is 10.5 Å². The molecular weight excluding hydrogens is 220 g/mol. The van der Waals surface area contributed by atoms with Crippen LogP contribution in [0.25, 0.3) is 0 Å². The summed E-state index contributed by atoms with van der Waals surface area (Å²) >= 11 is 0. The summed E-state index contributed by atoms with van der Waals surface area (Å²) in [6.07, 6.45) is 0.294. The fourth-order valence-electron chi connectivity index (χ4n) is 1.47. The van der Waals surface area contributed by atoms with Crippen LogP contribution in [-0.4, -0.2) is 24.7 Å². The molecule has 0 saturated heterocycles. The van der Waals surface area contributed by atoms with E-state index in [-0.39, 0.29) is 11.9 Å². The van der Waals surface area contributed by atoms with E-state index in [4.69, 9.17) is 0 Å². The number of anilines is 1. The SMILES string of the molecule is CNC(=O)Nc1ccc(C2=NNC(=O)C2)cc1. The summed E-state index contributed by atoms with van der Waals surface area (Å²) in [7, 11) is 1.55. The molecule has 0 radical (unpaired) electrons. The number of benzene rings is 1. The van der Waals surface area contributed by atoms with Gasteiger partial charge < -0.3 is 10.6 Å². The Hall–Kier alpha value is -2.37. The predicted molar refractivity (Wildman–Crippen MR) is 63.8 cm³/mol. The number of nitrogens with zero attached hydrogens (tertiary/aromatic N) is 1. The lowest BCUT2D eigenvalue weighted by molar-refractivity contribution is -0.119. The van der Waals surface area contributed by atoms with Crippen molar-refractivity contribution in [1.29, 1.82) is 0 Å². The molecule has 2 rings (SSSR count). The number of amides is 3. The van der Waals surface area contributed by atoms with Gasteiger partial charge in [-0.2, -0.15) is 5.10 Å². The highest BCUT2D eigenvalue weighted by molar-refractivity contribution is 6.13. The van der Waals surface area contributed by atoms with Gasteiger partial charge in [0.15, 0.2) is 0 Å². The first-order valence-electron chi connectivity index (χ1n) is 5.13. The topological polar surface area (TPSA) is 82.6 Å². The average Bonchev–Trinajstić information content (AvgIpc) is 2.77. The third-order valence-electron chi connectivity index (χ3n) is 2.35. The van der Waals surface area contributed by atoms with Gasteiger partial charge in [-0.05, 0) is 17.7 Å². The van der Waals surface area contributed by atoms with Crippen LogP contribution >= 0.6 is 0 Å². The summed E-state index contributed by atoms with van der Waals surface area (Å²) in [4.78, 5) is 22.1. The summed E-state index contributed by atoms with van der Waals surface area (Å²) < 4.78 is 0. The lowest BCUT2D eigenvalue weighted by Gasteiger charge is -2.05. The minimum atomic E-state index is -0.271. The Morgan fingerprint density at radius 3 is 2.59 bits per heavy atom. The zero-order chi connectivity index (χ0) is 12.3. The van der Waals surface area contributed by atoms with E-state index in [1.165, 1.54) is 0 Å². The number of carbonyl (C=O) groups excluding carboxylic acids is 2. The minimum Gasteiger partial charge on any atom is -0.341 e. The Kier molecular flexibility index (Phi) is 3.04. The Morgan fingerprint density at radius 2 is 2.06 bits per heavy atom. The molecule has 0 bridgehead atoms. The Balaban J connectivity index is 2.08. The zero-order valence-electron chi connectivity index (χ0n) is 9.28. The van der Waals surface area contributed by atoms with E-state index >= 15 is 0 Å². The van der Waals surface area contributed by atoms with Crippen molar-refractivity contribution in [2.45, 2.75) is 6.42 Å². The van der Waals surface area contributed by atoms with Crippen LogP contribution in [0.3, 0.4) is 0 Å². The van der Waals surface area contributed by atoms with E-state index in [0.717, 1.165) is 5.56 Å². The molecule has 0 fully saturated rings. The van der Waals surface area contributed by atoms with E-state index in [1.807, 2.05) is 12.1 Å². The van der Waals surface area contributed by atoms with Gasteiger partial charge in [-0.3, -0.25) is 4.79 Å². The van der Waals surface area contributed by atoms with Crippen LogP contribution in [0.2, 0.25) is 0 Å². The van der Waals surface area contributed by atoms with Gasteiger partial charge in [0.2, 0.25) is 5.91 Å². The Morgan fingerprint density at radius 1 is 1.35 bits per heavy atom. The molecule has 1 aliphatic heterocycles. The molecule has 0 unspecified atom stereocenters. The molecule has 88 valence electrons. The second-order valence-electron chi connectivity index (χ2n) is 3.55. The number of rotatable bonds is 2. The normalized spacial score (nSPS) is 13.9. The van der Waals surface area contributed by atoms with Crippen molar-refractivity contribution in [2.24, 2.45) is 5.10 Å². The number of nitrogens with one attached hydrogen (secondary N) is 3. The molecular formula is C11H12N4O2. The second kappa shape index (κ2) is 4.65. The van der Waals surface area contributed by atoms with Crippen LogP contribution in [0.5, 0.6) is 0 Å². The summed E-state index contributed by atoms with van der Waals surface area (Å²) in [5, 5.41) is 9.02. The van der Waals surface area contributed by atoms with Crippen molar-refractivity contribution in [3.63, 3.8) is 0 Å². The van der Waals surface area contributed by atoms with Crippen molar-refractivity contribution in [1.82, 2.24) is 10.7 Å². The summed E-state index contributed by atoms with van der Waals surface area (Å²) in [6.45, 7) is 0.